The first-order valence-corrected chi connectivity index (χ1v) is 12.9. The van der Waals surface area contributed by atoms with E-state index in [2.05, 4.69) is 5.32 Å². The van der Waals surface area contributed by atoms with Crippen LogP contribution >= 0.6 is 0 Å². The van der Waals surface area contributed by atoms with Gasteiger partial charge in [0.25, 0.3) is 0 Å². The molecule has 0 saturated carbocycles. The highest BCUT2D eigenvalue weighted by molar-refractivity contribution is 5.96. The summed E-state index contributed by atoms with van der Waals surface area (Å²) in [6, 6.07) is -2.09. The van der Waals surface area contributed by atoms with Gasteiger partial charge in [-0.05, 0) is 58.0 Å². The first kappa shape index (κ1) is 28.8. The molecule has 2 saturated heterocycles. The van der Waals surface area contributed by atoms with Gasteiger partial charge in [-0.15, -0.1) is 0 Å². The number of aliphatic carboxylic acids is 1. The van der Waals surface area contributed by atoms with Crippen LogP contribution in [0.5, 0.6) is 0 Å². The summed E-state index contributed by atoms with van der Waals surface area (Å²) in [5.74, 6) is -1.72. The van der Waals surface area contributed by atoms with Gasteiger partial charge in [-0.2, -0.15) is 0 Å². The average molecular weight is 493 g/mol. The smallest absolute Gasteiger partial charge is 0.326 e. The summed E-state index contributed by atoms with van der Waals surface area (Å²) in [6.07, 6.45) is 5.72. The van der Waals surface area contributed by atoms with Crippen molar-refractivity contribution in [3.8, 4) is 0 Å². The summed E-state index contributed by atoms with van der Waals surface area (Å²) >= 11 is 0. The lowest BCUT2D eigenvalue weighted by atomic mass is 9.96. The largest absolute Gasteiger partial charge is 0.480 e. The molecule has 2 aliphatic heterocycles. The zero-order chi connectivity index (χ0) is 26.4. The Morgan fingerprint density at radius 2 is 1.60 bits per heavy atom. The van der Waals surface area contributed by atoms with Gasteiger partial charge in [0.15, 0.2) is 0 Å². The molecule has 2 heterocycles. The molecule has 35 heavy (non-hydrogen) atoms. The zero-order valence-corrected chi connectivity index (χ0v) is 22.4. The van der Waals surface area contributed by atoms with E-state index >= 15 is 0 Å². The number of amides is 3. The number of likely N-dealkylation sites (tertiary alicyclic amines) is 2. The van der Waals surface area contributed by atoms with Gasteiger partial charge in [-0.3, -0.25) is 19.3 Å². The van der Waals surface area contributed by atoms with E-state index in [0.29, 0.717) is 25.0 Å². The number of carbonyl (C=O) groups is 4. The lowest BCUT2D eigenvalue weighted by Gasteiger charge is -2.36. The van der Waals surface area contributed by atoms with Crippen molar-refractivity contribution in [3.05, 3.63) is 11.6 Å². The van der Waals surface area contributed by atoms with Gasteiger partial charge < -0.3 is 20.2 Å². The fourth-order valence-electron chi connectivity index (χ4n) is 5.11. The van der Waals surface area contributed by atoms with Gasteiger partial charge in [-0.1, -0.05) is 40.2 Å². The molecule has 198 valence electrons. The number of carbonyl (C=O) groups excluding carboxylic acids is 3. The number of nitrogens with one attached hydrogen (secondary N) is 1. The van der Waals surface area contributed by atoms with Crippen molar-refractivity contribution in [2.45, 2.75) is 90.9 Å². The van der Waals surface area contributed by atoms with Gasteiger partial charge in [0.05, 0.1) is 12.1 Å². The predicted molar refractivity (Wildman–Crippen MR) is 135 cm³/mol. The molecule has 4 atom stereocenters. The van der Waals surface area contributed by atoms with Crippen molar-refractivity contribution in [1.29, 1.82) is 0 Å². The van der Waals surface area contributed by atoms with Crippen molar-refractivity contribution in [2.24, 2.45) is 11.8 Å². The number of rotatable bonds is 9. The Balaban J connectivity index is 2.19. The van der Waals surface area contributed by atoms with Crippen molar-refractivity contribution in [3.63, 3.8) is 0 Å². The molecule has 0 aromatic rings. The maximum Gasteiger partial charge on any atom is 0.326 e. The van der Waals surface area contributed by atoms with Crippen LogP contribution in [-0.2, 0) is 19.2 Å². The van der Waals surface area contributed by atoms with E-state index in [-0.39, 0.29) is 41.6 Å². The zero-order valence-electron chi connectivity index (χ0n) is 22.4. The second-order valence-electron chi connectivity index (χ2n) is 10.8. The van der Waals surface area contributed by atoms with E-state index in [1.807, 2.05) is 39.6 Å². The molecular formula is C26H44N4O5. The lowest BCUT2D eigenvalue weighted by Crippen LogP contribution is -2.57. The Hall–Kier alpha value is -2.42. The summed E-state index contributed by atoms with van der Waals surface area (Å²) < 4.78 is 0. The third-order valence-corrected chi connectivity index (χ3v) is 7.34. The number of hydrogen-bond donors (Lipinski definition) is 2. The van der Waals surface area contributed by atoms with Crippen LogP contribution < -0.4 is 5.32 Å². The number of piperidine rings is 1. The van der Waals surface area contributed by atoms with Crippen LogP contribution in [-0.4, -0.2) is 94.8 Å². The van der Waals surface area contributed by atoms with Crippen molar-refractivity contribution >= 4 is 23.7 Å². The first-order valence-electron chi connectivity index (χ1n) is 12.9. The molecular weight excluding hydrogens is 448 g/mol. The van der Waals surface area contributed by atoms with Crippen molar-refractivity contribution < 1.29 is 24.3 Å². The fraction of sp³-hybridized carbons (Fsp3) is 0.769. The van der Waals surface area contributed by atoms with E-state index in [0.717, 1.165) is 25.8 Å². The predicted octanol–water partition coefficient (Wildman–Crippen LogP) is 2.12. The van der Waals surface area contributed by atoms with Crippen molar-refractivity contribution in [1.82, 2.24) is 20.0 Å². The minimum Gasteiger partial charge on any atom is -0.480 e. The molecule has 2 fully saturated rings. The molecule has 0 aromatic carbocycles. The Morgan fingerprint density at radius 1 is 0.971 bits per heavy atom. The molecule has 3 amide bonds. The Morgan fingerprint density at radius 3 is 2.14 bits per heavy atom. The van der Waals surface area contributed by atoms with Gasteiger partial charge in [0.2, 0.25) is 17.7 Å². The maximum atomic E-state index is 13.6. The third kappa shape index (κ3) is 7.06. The SMILES string of the molecule is C/C(=C\[C@H](C(C)C)N(C)C(=O)[C@@H](NC(=O)[C@H]1CCCCN1C)C(C)C)C(=O)N1CCC[C@H]1C(=O)O. The van der Waals surface area contributed by atoms with Gasteiger partial charge in [0, 0.05) is 19.2 Å². The number of carboxylic acids is 1. The standard InChI is InChI=1S/C26H44N4O5/c1-16(2)21(15-18(5)24(32)30-14-10-12-20(30)26(34)35)29(7)25(33)22(17(3)4)27-23(31)19-11-8-9-13-28(19)6/h15-17,19-22H,8-14H2,1-7H3,(H,27,31)(H,34,35)/b18-15+/t19-,20+,21-,22+/m1/s1. The molecule has 0 unspecified atom stereocenters. The highest BCUT2D eigenvalue weighted by Gasteiger charge is 2.36. The summed E-state index contributed by atoms with van der Waals surface area (Å²) in [5.41, 5.74) is 0.422. The van der Waals surface area contributed by atoms with E-state index in [4.69, 9.17) is 0 Å². The van der Waals surface area contributed by atoms with Crippen LogP contribution in [0.3, 0.4) is 0 Å². The lowest BCUT2D eigenvalue weighted by molar-refractivity contribution is -0.146. The molecule has 0 aliphatic carbocycles. The van der Waals surface area contributed by atoms with E-state index < -0.39 is 18.1 Å². The molecule has 0 bridgehead atoms. The maximum absolute atomic E-state index is 13.6. The first-order chi connectivity index (χ1) is 16.4. The molecule has 2 rings (SSSR count). The highest BCUT2D eigenvalue weighted by atomic mass is 16.4. The quantitative estimate of drug-likeness (QED) is 0.477. The van der Waals surface area contributed by atoms with Gasteiger partial charge in [0.1, 0.15) is 12.1 Å². The van der Waals surface area contributed by atoms with Crippen molar-refractivity contribution in [2.75, 3.05) is 27.2 Å². The molecule has 0 aromatic heterocycles. The van der Waals surface area contributed by atoms with Crippen LogP contribution in [0, 0.1) is 11.8 Å². The van der Waals surface area contributed by atoms with Crippen LogP contribution in [0.4, 0.5) is 0 Å². The summed E-state index contributed by atoms with van der Waals surface area (Å²) in [7, 11) is 3.64. The molecule has 9 heteroatoms. The number of likely N-dealkylation sites (N-methyl/N-ethyl adjacent to an activating group) is 2. The topological polar surface area (TPSA) is 110 Å². The Bertz CT molecular complexity index is 825. The average Bonchev–Trinajstić information content (AvgIpc) is 3.29. The Labute approximate surface area is 209 Å². The molecule has 0 radical (unpaired) electrons. The molecule has 2 aliphatic rings. The van der Waals surface area contributed by atoms with E-state index in [1.54, 1.807) is 24.9 Å². The van der Waals surface area contributed by atoms with E-state index in [1.165, 1.54) is 4.90 Å². The van der Waals surface area contributed by atoms with Crippen LogP contribution in [0.15, 0.2) is 11.6 Å². The fourth-order valence-corrected chi connectivity index (χ4v) is 5.11. The van der Waals surface area contributed by atoms with Crippen LogP contribution in [0.25, 0.3) is 0 Å². The summed E-state index contributed by atoms with van der Waals surface area (Å²) in [6.45, 7) is 10.7. The van der Waals surface area contributed by atoms with E-state index in [9.17, 15) is 24.3 Å². The number of carboxylic acid groups (broad SMARTS) is 1. The van der Waals surface area contributed by atoms with Gasteiger partial charge >= 0.3 is 5.97 Å². The third-order valence-electron chi connectivity index (χ3n) is 7.34. The monoisotopic (exact) mass is 492 g/mol. The number of nitrogens with zero attached hydrogens (tertiary/aromatic N) is 3. The second-order valence-corrected chi connectivity index (χ2v) is 10.8. The summed E-state index contributed by atoms with van der Waals surface area (Å²) in [5, 5.41) is 12.4. The molecule has 2 N–H and O–H groups in total. The highest BCUT2D eigenvalue weighted by Crippen LogP contribution is 2.22. The molecule has 9 nitrogen and oxygen atoms in total. The molecule has 0 spiro atoms. The van der Waals surface area contributed by atoms with Gasteiger partial charge in [-0.25, -0.2) is 4.79 Å². The normalized spacial score (nSPS) is 23.3. The van der Waals surface area contributed by atoms with Crippen LogP contribution in [0.2, 0.25) is 0 Å². The Kier molecular flexibility index (Phi) is 10.3. The minimum atomic E-state index is -0.990. The number of hydrogen-bond acceptors (Lipinski definition) is 5. The summed E-state index contributed by atoms with van der Waals surface area (Å²) in [4.78, 5) is 56.2. The minimum absolute atomic E-state index is 0.00791. The second kappa shape index (κ2) is 12.5. The van der Waals surface area contributed by atoms with Crippen LogP contribution in [0.1, 0.15) is 66.7 Å².